The molecular formula is C29H21NO. The molecule has 0 atom stereocenters. The van der Waals surface area contributed by atoms with E-state index < -0.39 is 0 Å². The molecule has 0 aliphatic heterocycles. The third-order valence-corrected chi connectivity index (χ3v) is 5.17. The summed E-state index contributed by atoms with van der Waals surface area (Å²) >= 11 is 0. The summed E-state index contributed by atoms with van der Waals surface area (Å²) < 4.78 is 6.34. The molecule has 5 aromatic rings. The monoisotopic (exact) mass is 399 g/mol. The minimum Gasteiger partial charge on any atom is -0.436 e. The summed E-state index contributed by atoms with van der Waals surface area (Å²) in [6.45, 7) is 0. The fourth-order valence-corrected chi connectivity index (χ4v) is 3.64. The van der Waals surface area contributed by atoms with Crippen molar-refractivity contribution in [3.8, 4) is 22.7 Å². The minimum atomic E-state index is 0.617. The van der Waals surface area contributed by atoms with E-state index in [0.29, 0.717) is 5.89 Å². The van der Waals surface area contributed by atoms with Crippen LogP contribution in [-0.4, -0.2) is 4.98 Å². The van der Waals surface area contributed by atoms with Gasteiger partial charge < -0.3 is 4.42 Å². The van der Waals surface area contributed by atoms with E-state index in [2.05, 4.69) is 66.7 Å². The summed E-state index contributed by atoms with van der Waals surface area (Å²) in [5, 5.41) is 0. The van der Waals surface area contributed by atoms with E-state index in [4.69, 9.17) is 9.40 Å². The summed E-state index contributed by atoms with van der Waals surface area (Å²) in [6.07, 6.45) is 2.10. The normalized spacial score (nSPS) is 10.6. The van der Waals surface area contributed by atoms with E-state index in [9.17, 15) is 0 Å². The smallest absolute Gasteiger partial charge is 0.227 e. The molecule has 2 heteroatoms. The molecule has 2 nitrogen and oxygen atoms in total. The van der Waals surface area contributed by atoms with Gasteiger partial charge in [0, 0.05) is 11.1 Å². The van der Waals surface area contributed by atoms with Gasteiger partial charge in [0.1, 0.15) is 5.69 Å². The van der Waals surface area contributed by atoms with Gasteiger partial charge in [-0.05, 0) is 34.9 Å². The predicted octanol–water partition coefficient (Wildman–Crippen LogP) is 7.60. The average Bonchev–Trinajstić information content (AvgIpc) is 3.29. The van der Waals surface area contributed by atoms with Crippen LogP contribution in [0.1, 0.15) is 16.9 Å². The van der Waals surface area contributed by atoms with Crippen molar-refractivity contribution in [3.05, 3.63) is 138 Å². The maximum Gasteiger partial charge on any atom is 0.227 e. The zero-order chi connectivity index (χ0) is 20.9. The third kappa shape index (κ3) is 4.10. The van der Waals surface area contributed by atoms with Crippen LogP contribution in [0.5, 0.6) is 0 Å². The molecule has 0 N–H and O–H groups in total. The molecule has 0 fully saturated rings. The number of nitrogens with zero attached hydrogens (tertiary/aromatic N) is 1. The molecule has 0 saturated carbocycles. The molecule has 4 aromatic carbocycles. The van der Waals surface area contributed by atoms with E-state index in [1.165, 1.54) is 0 Å². The van der Waals surface area contributed by atoms with E-state index in [1.54, 1.807) is 0 Å². The van der Waals surface area contributed by atoms with Crippen molar-refractivity contribution in [2.75, 3.05) is 0 Å². The molecule has 5 rings (SSSR count). The highest BCUT2D eigenvalue weighted by Gasteiger charge is 2.16. The van der Waals surface area contributed by atoms with Crippen molar-refractivity contribution in [1.29, 1.82) is 0 Å². The van der Waals surface area contributed by atoms with Gasteiger partial charge in [-0.15, -0.1) is 0 Å². The van der Waals surface area contributed by atoms with Gasteiger partial charge in [0.15, 0.2) is 5.76 Å². The Morgan fingerprint density at radius 1 is 0.548 bits per heavy atom. The molecule has 0 bridgehead atoms. The highest BCUT2D eigenvalue weighted by atomic mass is 16.4. The molecule has 0 aliphatic rings. The molecular weight excluding hydrogens is 378 g/mol. The van der Waals surface area contributed by atoms with Crippen LogP contribution < -0.4 is 0 Å². The number of rotatable bonds is 5. The highest BCUT2D eigenvalue weighted by Crippen LogP contribution is 2.33. The predicted molar refractivity (Wildman–Crippen MR) is 127 cm³/mol. The fraction of sp³-hybridized carbons (Fsp3) is 0. The molecule has 0 unspecified atom stereocenters. The molecule has 0 radical (unpaired) electrons. The molecule has 31 heavy (non-hydrogen) atoms. The van der Waals surface area contributed by atoms with E-state index >= 15 is 0 Å². The van der Waals surface area contributed by atoms with Crippen molar-refractivity contribution in [3.63, 3.8) is 0 Å². The van der Waals surface area contributed by atoms with Gasteiger partial charge in [0.2, 0.25) is 5.89 Å². The fourth-order valence-electron chi connectivity index (χ4n) is 3.64. The van der Waals surface area contributed by atoms with Crippen LogP contribution in [0, 0.1) is 0 Å². The second-order valence-corrected chi connectivity index (χ2v) is 7.25. The van der Waals surface area contributed by atoms with Gasteiger partial charge in [-0.1, -0.05) is 109 Å². The number of benzene rings is 4. The first kappa shape index (κ1) is 18.8. The Labute approximate surface area is 182 Å². The lowest BCUT2D eigenvalue weighted by Crippen LogP contribution is -1.88. The Balaban J connectivity index is 1.72. The van der Waals surface area contributed by atoms with E-state index in [0.717, 1.165) is 39.3 Å². The van der Waals surface area contributed by atoms with Crippen LogP contribution in [0.4, 0.5) is 0 Å². The Morgan fingerprint density at radius 3 is 1.52 bits per heavy atom. The quantitative estimate of drug-likeness (QED) is 0.304. The molecule has 0 saturated heterocycles. The van der Waals surface area contributed by atoms with E-state index in [-0.39, 0.29) is 0 Å². The highest BCUT2D eigenvalue weighted by molar-refractivity contribution is 5.93. The van der Waals surface area contributed by atoms with Gasteiger partial charge in [0.25, 0.3) is 0 Å². The Morgan fingerprint density at radius 2 is 1.00 bits per heavy atom. The van der Waals surface area contributed by atoms with Gasteiger partial charge >= 0.3 is 0 Å². The second kappa shape index (κ2) is 8.68. The SMILES string of the molecule is C(=C(c1ccccc1)c1ccccc1)c1oc(-c2ccccc2)nc1-c1ccccc1. The van der Waals surface area contributed by atoms with Crippen molar-refractivity contribution < 1.29 is 4.42 Å². The average molecular weight is 399 g/mol. The first-order valence-corrected chi connectivity index (χ1v) is 10.3. The number of aromatic nitrogens is 1. The first-order valence-electron chi connectivity index (χ1n) is 10.3. The number of hydrogen-bond donors (Lipinski definition) is 0. The largest absolute Gasteiger partial charge is 0.436 e. The lowest BCUT2D eigenvalue weighted by atomic mass is 9.96. The lowest BCUT2D eigenvalue weighted by Gasteiger charge is -2.08. The first-order chi connectivity index (χ1) is 15.4. The molecule has 148 valence electrons. The number of oxazole rings is 1. The van der Waals surface area contributed by atoms with Crippen LogP contribution in [0.15, 0.2) is 126 Å². The van der Waals surface area contributed by atoms with E-state index in [1.807, 2.05) is 60.7 Å². The zero-order valence-corrected chi connectivity index (χ0v) is 17.0. The summed E-state index contributed by atoms with van der Waals surface area (Å²) in [5.74, 6) is 1.36. The topological polar surface area (TPSA) is 26.0 Å². The molecule has 0 amide bonds. The van der Waals surface area contributed by atoms with Crippen molar-refractivity contribution in [2.24, 2.45) is 0 Å². The maximum absolute atomic E-state index is 6.34. The van der Waals surface area contributed by atoms with Crippen molar-refractivity contribution in [1.82, 2.24) is 4.98 Å². The summed E-state index contributed by atoms with van der Waals surface area (Å²) in [6, 6.07) is 41.0. The Hall–Kier alpha value is -4.17. The zero-order valence-electron chi connectivity index (χ0n) is 17.0. The van der Waals surface area contributed by atoms with Crippen molar-refractivity contribution in [2.45, 2.75) is 0 Å². The molecule has 1 heterocycles. The molecule has 0 spiro atoms. The van der Waals surface area contributed by atoms with Gasteiger partial charge in [-0.3, -0.25) is 0 Å². The van der Waals surface area contributed by atoms with Crippen LogP contribution >= 0.6 is 0 Å². The standard InChI is InChI=1S/C29H21NO/c1-5-13-22(14-6-1)26(23-15-7-2-8-16-23)21-27-28(24-17-9-3-10-18-24)30-29(31-27)25-19-11-4-12-20-25/h1-21H. The van der Waals surface area contributed by atoms with Crippen LogP contribution in [0.25, 0.3) is 34.4 Å². The molecule has 1 aromatic heterocycles. The number of hydrogen-bond acceptors (Lipinski definition) is 2. The lowest BCUT2D eigenvalue weighted by molar-refractivity contribution is 0.565. The molecule has 0 aliphatic carbocycles. The summed E-state index contributed by atoms with van der Waals surface area (Å²) in [4.78, 5) is 4.88. The van der Waals surface area contributed by atoms with Crippen LogP contribution in [0.3, 0.4) is 0 Å². The van der Waals surface area contributed by atoms with Crippen molar-refractivity contribution >= 4 is 11.6 Å². The second-order valence-electron chi connectivity index (χ2n) is 7.25. The third-order valence-electron chi connectivity index (χ3n) is 5.17. The summed E-state index contributed by atoms with van der Waals surface area (Å²) in [5.41, 5.74) is 6.18. The van der Waals surface area contributed by atoms with Gasteiger partial charge in [-0.25, -0.2) is 4.98 Å². The van der Waals surface area contributed by atoms with Gasteiger partial charge in [0.05, 0.1) is 0 Å². The minimum absolute atomic E-state index is 0.617. The summed E-state index contributed by atoms with van der Waals surface area (Å²) in [7, 11) is 0. The van der Waals surface area contributed by atoms with Crippen LogP contribution in [0.2, 0.25) is 0 Å². The van der Waals surface area contributed by atoms with Gasteiger partial charge in [-0.2, -0.15) is 0 Å². The Bertz CT molecular complexity index is 1250. The maximum atomic E-state index is 6.34. The van der Waals surface area contributed by atoms with Crippen LogP contribution in [-0.2, 0) is 0 Å². The Kier molecular flexibility index (Phi) is 5.27.